The maximum absolute atomic E-state index is 12.7. The standard InChI is InChI=1S/C26H25F3N4OS/c27-26(28,29)21-5-8-24(30-16-21)32-22-9-11-33(12-10-22)35-23-6-3-17(4-7-23)18-1-2-19-15-31-25(34)14-20(19)13-18/h1-8,13,16,22H,9-12,14-15H2,(H,30,32)(H,31,34). The molecule has 0 aliphatic carbocycles. The van der Waals surface area contributed by atoms with Crippen LogP contribution in [0.5, 0.6) is 0 Å². The van der Waals surface area contributed by atoms with Gasteiger partial charge in [0.2, 0.25) is 5.91 Å². The number of anilines is 1. The summed E-state index contributed by atoms with van der Waals surface area (Å²) in [6.07, 6.45) is -1.30. The third kappa shape index (κ3) is 5.79. The van der Waals surface area contributed by atoms with Crippen LogP contribution < -0.4 is 10.6 Å². The monoisotopic (exact) mass is 498 g/mol. The number of alkyl halides is 3. The average molecular weight is 499 g/mol. The highest BCUT2D eigenvalue weighted by Crippen LogP contribution is 2.31. The lowest BCUT2D eigenvalue weighted by Gasteiger charge is -2.31. The van der Waals surface area contributed by atoms with Crippen LogP contribution in [0.1, 0.15) is 29.5 Å². The fraction of sp³-hybridized carbons (Fsp3) is 0.308. The van der Waals surface area contributed by atoms with E-state index >= 15 is 0 Å². The molecule has 0 bridgehead atoms. The van der Waals surface area contributed by atoms with Gasteiger partial charge in [-0.1, -0.05) is 30.3 Å². The Bertz CT molecular complexity index is 1190. The molecule has 1 aromatic heterocycles. The number of benzene rings is 2. The van der Waals surface area contributed by atoms with Gasteiger partial charge >= 0.3 is 6.18 Å². The minimum absolute atomic E-state index is 0.0657. The van der Waals surface area contributed by atoms with Crippen LogP contribution in [0, 0.1) is 0 Å². The molecule has 3 heterocycles. The fourth-order valence-electron chi connectivity index (χ4n) is 4.38. The van der Waals surface area contributed by atoms with E-state index in [0.717, 1.165) is 59.8 Å². The van der Waals surface area contributed by atoms with Crippen LogP contribution in [-0.4, -0.2) is 34.3 Å². The predicted molar refractivity (Wildman–Crippen MR) is 131 cm³/mol. The number of carbonyl (C=O) groups is 1. The topological polar surface area (TPSA) is 57.3 Å². The molecule has 9 heteroatoms. The SMILES string of the molecule is O=C1Cc2cc(-c3ccc(SN4CCC(Nc5ccc(C(F)(F)F)cn5)CC4)cc3)ccc2CN1. The molecule has 0 atom stereocenters. The van der Waals surface area contributed by atoms with Crippen LogP contribution in [-0.2, 0) is 23.9 Å². The van der Waals surface area contributed by atoms with Gasteiger partial charge in [-0.2, -0.15) is 13.2 Å². The van der Waals surface area contributed by atoms with Crippen molar-refractivity contribution in [3.05, 3.63) is 77.5 Å². The lowest BCUT2D eigenvalue weighted by molar-refractivity contribution is -0.137. The van der Waals surface area contributed by atoms with Crippen molar-refractivity contribution >= 4 is 23.7 Å². The second-order valence-corrected chi connectivity index (χ2v) is 10.0. The van der Waals surface area contributed by atoms with Gasteiger partial charge in [0.15, 0.2) is 0 Å². The predicted octanol–water partition coefficient (Wildman–Crippen LogP) is 5.52. The fourth-order valence-corrected chi connectivity index (χ4v) is 5.33. The molecule has 2 N–H and O–H groups in total. The number of carbonyl (C=O) groups excluding carboxylic acids is 1. The minimum atomic E-state index is -4.37. The second-order valence-electron chi connectivity index (χ2n) is 8.83. The summed E-state index contributed by atoms with van der Waals surface area (Å²) < 4.78 is 40.4. The van der Waals surface area contributed by atoms with Gasteiger partial charge in [-0.3, -0.25) is 4.79 Å². The van der Waals surface area contributed by atoms with E-state index in [1.165, 1.54) is 11.6 Å². The summed E-state index contributed by atoms with van der Waals surface area (Å²) in [5, 5.41) is 6.13. The van der Waals surface area contributed by atoms with Gasteiger partial charge in [-0.15, -0.1) is 0 Å². The molecular formula is C26H25F3N4OS. The number of amides is 1. The molecule has 2 aromatic carbocycles. The van der Waals surface area contributed by atoms with E-state index in [0.29, 0.717) is 18.8 Å². The third-order valence-electron chi connectivity index (χ3n) is 6.35. The molecule has 182 valence electrons. The van der Waals surface area contributed by atoms with Crippen molar-refractivity contribution in [2.45, 2.75) is 42.9 Å². The molecule has 1 saturated heterocycles. The molecular weight excluding hydrogens is 473 g/mol. The number of fused-ring (bicyclic) bond motifs is 1. The van der Waals surface area contributed by atoms with Crippen LogP contribution in [0.2, 0.25) is 0 Å². The van der Waals surface area contributed by atoms with Crippen LogP contribution in [0.15, 0.2) is 65.7 Å². The highest BCUT2D eigenvalue weighted by atomic mass is 32.2. The maximum Gasteiger partial charge on any atom is 0.417 e. The van der Waals surface area contributed by atoms with Gasteiger partial charge in [-0.25, -0.2) is 9.29 Å². The number of nitrogens with one attached hydrogen (secondary N) is 2. The number of halogens is 3. The molecule has 0 spiro atoms. The lowest BCUT2D eigenvalue weighted by Crippen LogP contribution is -2.35. The first-order valence-electron chi connectivity index (χ1n) is 11.6. The molecule has 0 radical (unpaired) electrons. The zero-order valence-electron chi connectivity index (χ0n) is 18.9. The van der Waals surface area contributed by atoms with Gasteiger partial charge in [-0.05, 0) is 71.3 Å². The Balaban J connectivity index is 1.13. The summed E-state index contributed by atoms with van der Waals surface area (Å²) in [5.74, 6) is 0.540. The maximum atomic E-state index is 12.7. The molecule has 35 heavy (non-hydrogen) atoms. The summed E-state index contributed by atoms with van der Waals surface area (Å²) in [5.41, 5.74) is 3.76. The summed E-state index contributed by atoms with van der Waals surface area (Å²) in [6, 6.07) is 17.4. The number of piperidine rings is 1. The van der Waals surface area contributed by atoms with Gasteiger partial charge in [0.25, 0.3) is 0 Å². The molecule has 2 aliphatic rings. The van der Waals surface area contributed by atoms with E-state index in [-0.39, 0.29) is 11.9 Å². The van der Waals surface area contributed by atoms with Crippen LogP contribution in [0.25, 0.3) is 11.1 Å². The molecule has 0 unspecified atom stereocenters. The number of nitrogens with zero attached hydrogens (tertiary/aromatic N) is 2. The lowest BCUT2D eigenvalue weighted by atomic mass is 9.95. The number of aromatic nitrogens is 1. The Morgan fingerprint density at radius 2 is 1.71 bits per heavy atom. The normalized spacial score (nSPS) is 17.1. The number of hydrogen-bond donors (Lipinski definition) is 2. The van der Waals surface area contributed by atoms with E-state index < -0.39 is 11.7 Å². The van der Waals surface area contributed by atoms with E-state index in [9.17, 15) is 18.0 Å². The Labute approximate surface area is 206 Å². The van der Waals surface area contributed by atoms with Gasteiger partial charge in [0, 0.05) is 36.8 Å². The number of rotatable bonds is 5. The molecule has 0 saturated carbocycles. The Kier molecular flexibility index (Phi) is 6.71. The van der Waals surface area contributed by atoms with Gasteiger partial charge < -0.3 is 10.6 Å². The first-order chi connectivity index (χ1) is 16.8. The Morgan fingerprint density at radius 3 is 2.40 bits per heavy atom. The summed E-state index contributed by atoms with van der Waals surface area (Å²) >= 11 is 1.72. The molecule has 1 amide bonds. The Hall–Kier alpha value is -3.04. The van der Waals surface area contributed by atoms with Crippen molar-refractivity contribution in [2.24, 2.45) is 0 Å². The second kappa shape index (κ2) is 9.91. The van der Waals surface area contributed by atoms with Crippen molar-refractivity contribution in [3.8, 4) is 11.1 Å². The zero-order valence-corrected chi connectivity index (χ0v) is 19.8. The van der Waals surface area contributed by atoms with Crippen molar-refractivity contribution in [3.63, 3.8) is 0 Å². The first-order valence-corrected chi connectivity index (χ1v) is 12.3. The molecule has 1 fully saturated rings. The summed E-state index contributed by atoms with van der Waals surface area (Å²) in [7, 11) is 0. The quantitative estimate of drug-likeness (QED) is 0.454. The van der Waals surface area contributed by atoms with E-state index in [4.69, 9.17) is 0 Å². The number of hydrogen-bond acceptors (Lipinski definition) is 5. The first kappa shape index (κ1) is 23.7. The van der Waals surface area contributed by atoms with Crippen LogP contribution in [0.3, 0.4) is 0 Å². The van der Waals surface area contributed by atoms with E-state index in [1.807, 2.05) is 0 Å². The highest BCUT2D eigenvalue weighted by molar-refractivity contribution is 7.97. The molecule has 2 aliphatic heterocycles. The van der Waals surface area contributed by atoms with E-state index in [2.05, 4.69) is 62.4 Å². The van der Waals surface area contributed by atoms with Gasteiger partial charge in [0.1, 0.15) is 5.82 Å². The smallest absolute Gasteiger partial charge is 0.367 e. The minimum Gasteiger partial charge on any atom is -0.367 e. The Morgan fingerprint density at radius 1 is 0.971 bits per heavy atom. The summed E-state index contributed by atoms with van der Waals surface area (Å²) in [4.78, 5) is 16.8. The summed E-state index contributed by atoms with van der Waals surface area (Å²) in [6.45, 7) is 2.34. The van der Waals surface area contributed by atoms with Crippen LogP contribution >= 0.6 is 11.9 Å². The largest absolute Gasteiger partial charge is 0.417 e. The number of pyridine rings is 1. The third-order valence-corrected chi connectivity index (χ3v) is 7.46. The van der Waals surface area contributed by atoms with E-state index in [1.54, 1.807) is 11.9 Å². The van der Waals surface area contributed by atoms with Crippen molar-refractivity contribution in [1.82, 2.24) is 14.6 Å². The van der Waals surface area contributed by atoms with Crippen molar-refractivity contribution in [2.75, 3.05) is 18.4 Å². The highest BCUT2D eigenvalue weighted by Gasteiger charge is 2.30. The zero-order chi connectivity index (χ0) is 24.4. The molecule has 5 rings (SSSR count). The van der Waals surface area contributed by atoms with Crippen molar-refractivity contribution in [1.29, 1.82) is 0 Å². The van der Waals surface area contributed by atoms with Gasteiger partial charge in [0.05, 0.1) is 12.0 Å². The molecule has 5 nitrogen and oxygen atoms in total. The van der Waals surface area contributed by atoms with Crippen LogP contribution in [0.4, 0.5) is 19.0 Å². The molecule has 3 aromatic rings. The average Bonchev–Trinajstić information content (AvgIpc) is 2.85. The van der Waals surface area contributed by atoms with Crippen molar-refractivity contribution < 1.29 is 18.0 Å².